The molecule has 1 aromatic heterocycles. The maximum absolute atomic E-state index is 12.1. The standard InChI is InChI=1S/C13H18N2O3/c1-2-18-13(16)12(11-3-5-14-6-4-11)15-7-9-17-10-8-15/h3-6,12H,2,7-10H2,1H3/t12-/m0/s1. The summed E-state index contributed by atoms with van der Waals surface area (Å²) in [6.45, 7) is 5.01. The van der Waals surface area contributed by atoms with Crippen LogP contribution >= 0.6 is 0 Å². The van der Waals surface area contributed by atoms with Crippen LogP contribution in [0.3, 0.4) is 0 Å². The van der Waals surface area contributed by atoms with Gasteiger partial charge in [0.1, 0.15) is 6.04 Å². The Kier molecular flexibility index (Phi) is 4.66. The third kappa shape index (κ3) is 3.05. The van der Waals surface area contributed by atoms with Crippen molar-refractivity contribution in [1.82, 2.24) is 9.88 Å². The second-order valence-electron chi connectivity index (χ2n) is 4.08. The molecule has 0 spiro atoms. The van der Waals surface area contributed by atoms with E-state index in [0.717, 1.165) is 18.7 Å². The van der Waals surface area contributed by atoms with Crippen molar-refractivity contribution < 1.29 is 14.3 Å². The van der Waals surface area contributed by atoms with Gasteiger partial charge < -0.3 is 9.47 Å². The first kappa shape index (κ1) is 13.0. The number of hydrogen-bond acceptors (Lipinski definition) is 5. The first-order valence-corrected chi connectivity index (χ1v) is 6.21. The number of hydrogen-bond donors (Lipinski definition) is 0. The van der Waals surface area contributed by atoms with E-state index in [-0.39, 0.29) is 12.0 Å². The maximum Gasteiger partial charge on any atom is 0.328 e. The summed E-state index contributed by atoms with van der Waals surface area (Å²) in [7, 11) is 0. The van der Waals surface area contributed by atoms with Crippen LogP contribution in [0.5, 0.6) is 0 Å². The number of esters is 1. The number of carbonyl (C=O) groups excluding carboxylic acids is 1. The first-order chi connectivity index (χ1) is 8.83. The van der Waals surface area contributed by atoms with Crippen LogP contribution in [0.15, 0.2) is 24.5 Å². The summed E-state index contributed by atoms with van der Waals surface area (Å²) >= 11 is 0. The lowest BCUT2D eigenvalue weighted by Gasteiger charge is -2.33. The van der Waals surface area contributed by atoms with Gasteiger partial charge in [-0.3, -0.25) is 9.88 Å². The van der Waals surface area contributed by atoms with Gasteiger partial charge in [0.2, 0.25) is 0 Å². The normalized spacial score (nSPS) is 18.3. The van der Waals surface area contributed by atoms with Crippen molar-refractivity contribution in [3.63, 3.8) is 0 Å². The van der Waals surface area contributed by atoms with E-state index in [0.29, 0.717) is 19.8 Å². The fourth-order valence-electron chi connectivity index (χ4n) is 2.10. The zero-order chi connectivity index (χ0) is 12.8. The Labute approximate surface area is 107 Å². The molecule has 0 aliphatic carbocycles. The Balaban J connectivity index is 2.19. The van der Waals surface area contributed by atoms with Gasteiger partial charge in [0.25, 0.3) is 0 Å². The van der Waals surface area contributed by atoms with E-state index >= 15 is 0 Å². The van der Waals surface area contributed by atoms with Gasteiger partial charge in [-0.05, 0) is 24.6 Å². The Hall–Kier alpha value is -1.46. The molecule has 98 valence electrons. The molecular formula is C13H18N2O3. The minimum absolute atomic E-state index is 0.203. The van der Waals surface area contributed by atoms with E-state index in [1.54, 1.807) is 12.4 Å². The maximum atomic E-state index is 12.1. The summed E-state index contributed by atoms with van der Waals surface area (Å²) in [6.07, 6.45) is 3.39. The summed E-state index contributed by atoms with van der Waals surface area (Å²) in [5.41, 5.74) is 0.922. The van der Waals surface area contributed by atoms with Gasteiger partial charge in [0.05, 0.1) is 19.8 Å². The largest absolute Gasteiger partial charge is 0.465 e. The second-order valence-corrected chi connectivity index (χ2v) is 4.08. The van der Waals surface area contributed by atoms with Crippen LogP contribution in [-0.4, -0.2) is 48.8 Å². The molecule has 0 N–H and O–H groups in total. The lowest BCUT2D eigenvalue weighted by molar-refractivity contribution is -0.151. The molecular weight excluding hydrogens is 232 g/mol. The molecule has 2 rings (SSSR count). The van der Waals surface area contributed by atoms with Gasteiger partial charge in [0.15, 0.2) is 0 Å². The number of morpholine rings is 1. The molecule has 0 unspecified atom stereocenters. The highest BCUT2D eigenvalue weighted by molar-refractivity contribution is 5.77. The van der Waals surface area contributed by atoms with Crippen LogP contribution in [0.4, 0.5) is 0 Å². The molecule has 1 saturated heterocycles. The molecule has 18 heavy (non-hydrogen) atoms. The third-order valence-corrected chi connectivity index (χ3v) is 2.94. The quantitative estimate of drug-likeness (QED) is 0.747. The van der Waals surface area contributed by atoms with Crippen LogP contribution in [0.2, 0.25) is 0 Å². The van der Waals surface area contributed by atoms with Crippen LogP contribution in [-0.2, 0) is 14.3 Å². The van der Waals surface area contributed by atoms with Crippen LogP contribution < -0.4 is 0 Å². The SMILES string of the molecule is CCOC(=O)[C@H](c1ccncc1)N1CCOCC1. The summed E-state index contributed by atoms with van der Waals surface area (Å²) in [6, 6.07) is 3.37. The minimum Gasteiger partial charge on any atom is -0.465 e. The highest BCUT2D eigenvalue weighted by atomic mass is 16.5. The molecule has 1 aromatic rings. The van der Waals surface area contributed by atoms with Gasteiger partial charge >= 0.3 is 5.97 Å². The summed E-state index contributed by atoms with van der Waals surface area (Å²) < 4.78 is 10.5. The highest BCUT2D eigenvalue weighted by Gasteiger charge is 2.29. The van der Waals surface area contributed by atoms with Gasteiger partial charge in [-0.2, -0.15) is 0 Å². The predicted molar refractivity (Wildman–Crippen MR) is 66.0 cm³/mol. The van der Waals surface area contributed by atoms with Gasteiger partial charge in [-0.15, -0.1) is 0 Å². The highest BCUT2D eigenvalue weighted by Crippen LogP contribution is 2.22. The summed E-state index contributed by atoms with van der Waals surface area (Å²) in [5, 5.41) is 0. The van der Waals surface area contributed by atoms with Crippen LogP contribution in [0.25, 0.3) is 0 Å². The topological polar surface area (TPSA) is 51.7 Å². The molecule has 0 saturated carbocycles. The van der Waals surface area contributed by atoms with E-state index in [1.165, 1.54) is 0 Å². The number of ether oxygens (including phenoxy) is 2. The van der Waals surface area contributed by atoms with Crippen molar-refractivity contribution in [1.29, 1.82) is 0 Å². The molecule has 1 fully saturated rings. The second kappa shape index (κ2) is 6.47. The van der Waals surface area contributed by atoms with E-state index in [9.17, 15) is 4.79 Å². The molecule has 1 aliphatic rings. The molecule has 1 atom stereocenters. The Bertz CT molecular complexity index is 377. The van der Waals surface area contributed by atoms with E-state index in [2.05, 4.69) is 9.88 Å². The lowest BCUT2D eigenvalue weighted by Crippen LogP contribution is -2.42. The Morgan fingerprint density at radius 1 is 1.44 bits per heavy atom. The Morgan fingerprint density at radius 3 is 2.72 bits per heavy atom. The number of nitrogens with zero attached hydrogens (tertiary/aromatic N) is 2. The van der Waals surface area contributed by atoms with Crippen LogP contribution in [0.1, 0.15) is 18.5 Å². The number of aromatic nitrogens is 1. The van der Waals surface area contributed by atoms with Crippen molar-refractivity contribution in [2.24, 2.45) is 0 Å². The first-order valence-electron chi connectivity index (χ1n) is 6.21. The molecule has 2 heterocycles. The third-order valence-electron chi connectivity index (χ3n) is 2.94. The molecule has 0 bridgehead atoms. The minimum atomic E-state index is -0.350. The molecule has 1 aliphatic heterocycles. The van der Waals surface area contributed by atoms with Crippen molar-refractivity contribution >= 4 is 5.97 Å². The molecule has 0 radical (unpaired) electrons. The zero-order valence-corrected chi connectivity index (χ0v) is 10.5. The van der Waals surface area contributed by atoms with E-state index in [4.69, 9.17) is 9.47 Å². The zero-order valence-electron chi connectivity index (χ0n) is 10.5. The Morgan fingerprint density at radius 2 is 2.11 bits per heavy atom. The average Bonchev–Trinajstić information content (AvgIpc) is 2.42. The predicted octanol–water partition coefficient (Wildman–Crippen LogP) is 1.02. The van der Waals surface area contributed by atoms with Crippen molar-refractivity contribution in [3.05, 3.63) is 30.1 Å². The van der Waals surface area contributed by atoms with E-state index < -0.39 is 0 Å². The smallest absolute Gasteiger partial charge is 0.328 e. The summed E-state index contributed by atoms with van der Waals surface area (Å²) in [5.74, 6) is -0.203. The molecule has 0 amide bonds. The molecule has 0 aromatic carbocycles. The van der Waals surface area contributed by atoms with Gasteiger partial charge in [-0.25, -0.2) is 4.79 Å². The fraction of sp³-hybridized carbons (Fsp3) is 0.538. The van der Waals surface area contributed by atoms with E-state index in [1.807, 2.05) is 19.1 Å². The number of pyridine rings is 1. The lowest BCUT2D eigenvalue weighted by atomic mass is 10.1. The molecule has 5 nitrogen and oxygen atoms in total. The van der Waals surface area contributed by atoms with Crippen molar-refractivity contribution in [3.8, 4) is 0 Å². The summed E-state index contributed by atoms with van der Waals surface area (Å²) in [4.78, 5) is 18.2. The number of carbonyl (C=O) groups is 1. The average molecular weight is 250 g/mol. The fourth-order valence-corrected chi connectivity index (χ4v) is 2.10. The van der Waals surface area contributed by atoms with Crippen molar-refractivity contribution in [2.75, 3.05) is 32.9 Å². The molecule has 5 heteroatoms. The van der Waals surface area contributed by atoms with Gasteiger partial charge in [-0.1, -0.05) is 0 Å². The van der Waals surface area contributed by atoms with Crippen LogP contribution in [0, 0.1) is 0 Å². The monoisotopic (exact) mass is 250 g/mol. The van der Waals surface area contributed by atoms with Gasteiger partial charge in [0, 0.05) is 25.5 Å². The number of rotatable bonds is 4. The van der Waals surface area contributed by atoms with Crippen molar-refractivity contribution in [2.45, 2.75) is 13.0 Å².